The molecule has 26 heavy (non-hydrogen) atoms. The Balaban J connectivity index is 1.74. The fourth-order valence-electron chi connectivity index (χ4n) is 4.01. The molecule has 5 nitrogen and oxygen atoms in total. The van der Waals surface area contributed by atoms with Crippen LogP contribution in [0.5, 0.6) is 0 Å². The van der Waals surface area contributed by atoms with Crippen molar-refractivity contribution < 1.29 is 14.3 Å². The van der Waals surface area contributed by atoms with Crippen LogP contribution in [-0.2, 0) is 20.7 Å². The number of carbonyl (C=O) groups is 1. The van der Waals surface area contributed by atoms with E-state index in [1.165, 1.54) is 0 Å². The smallest absolute Gasteiger partial charge is 0.227 e. The maximum absolute atomic E-state index is 12.9. The summed E-state index contributed by atoms with van der Waals surface area (Å²) < 4.78 is 11.8. The molecule has 1 spiro atoms. The summed E-state index contributed by atoms with van der Waals surface area (Å²) in [5, 5.41) is 0.962. The Morgan fingerprint density at radius 3 is 2.46 bits per heavy atom. The molecule has 1 heterocycles. The lowest BCUT2D eigenvalue weighted by molar-refractivity contribution is -0.197. The first kappa shape index (κ1) is 19.9. The summed E-state index contributed by atoms with van der Waals surface area (Å²) in [5.74, 6) is -0.481. The highest BCUT2D eigenvalue weighted by molar-refractivity contribution is 6.42. The minimum atomic E-state index is -0.532. The van der Waals surface area contributed by atoms with E-state index in [1.54, 1.807) is 12.1 Å². The van der Waals surface area contributed by atoms with Crippen LogP contribution in [-0.4, -0.2) is 67.9 Å². The molecule has 1 aliphatic heterocycles. The van der Waals surface area contributed by atoms with Crippen LogP contribution in [0, 0.1) is 0 Å². The molecule has 0 radical (unpaired) electrons. The predicted molar refractivity (Wildman–Crippen MR) is 103 cm³/mol. The van der Waals surface area contributed by atoms with Crippen molar-refractivity contribution in [1.82, 2.24) is 9.80 Å². The highest BCUT2D eigenvalue weighted by Crippen LogP contribution is 2.39. The Morgan fingerprint density at radius 1 is 1.15 bits per heavy atom. The lowest BCUT2D eigenvalue weighted by atomic mass is 9.84. The molecule has 1 amide bonds. The first-order valence-electron chi connectivity index (χ1n) is 8.95. The summed E-state index contributed by atoms with van der Waals surface area (Å²) >= 11 is 12.0. The van der Waals surface area contributed by atoms with Gasteiger partial charge in [0.1, 0.15) is 0 Å². The van der Waals surface area contributed by atoms with Gasteiger partial charge in [-0.1, -0.05) is 29.3 Å². The van der Waals surface area contributed by atoms with Gasteiger partial charge in [0, 0.05) is 25.9 Å². The molecule has 0 N–H and O–H groups in total. The number of benzene rings is 1. The van der Waals surface area contributed by atoms with Gasteiger partial charge in [-0.05, 0) is 38.2 Å². The Hall–Kier alpha value is -0.850. The standard InChI is InChI=1S/C19H26Cl2N2O3/c1-22(2)16-6-7-19(25-8-9-26-19)12-17(16)23(3)18(24)11-13-4-5-14(20)15(21)10-13/h4-5,10,16-17H,6-9,11-12H2,1-3H3/t16-,17-/m0/s1. The van der Waals surface area contributed by atoms with Gasteiger partial charge in [0.25, 0.3) is 0 Å². The number of carbonyl (C=O) groups excluding carboxylic acids is 1. The molecular formula is C19H26Cl2N2O3. The summed E-state index contributed by atoms with van der Waals surface area (Å²) in [6, 6.07) is 5.63. The third-order valence-electron chi connectivity index (χ3n) is 5.49. The second-order valence-electron chi connectivity index (χ2n) is 7.38. The van der Waals surface area contributed by atoms with E-state index in [1.807, 2.05) is 18.0 Å². The van der Waals surface area contributed by atoms with Crippen molar-refractivity contribution in [2.24, 2.45) is 0 Å². The molecule has 3 rings (SSSR count). The summed E-state index contributed by atoms with van der Waals surface area (Å²) in [7, 11) is 5.99. The molecular weight excluding hydrogens is 375 g/mol. The molecule has 1 saturated carbocycles. The third-order valence-corrected chi connectivity index (χ3v) is 6.23. The third kappa shape index (κ3) is 4.18. The van der Waals surface area contributed by atoms with Crippen LogP contribution in [0.15, 0.2) is 18.2 Å². The topological polar surface area (TPSA) is 42.0 Å². The molecule has 7 heteroatoms. The number of rotatable bonds is 4. The molecule has 144 valence electrons. The van der Waals surface area contributed by atoms with E-state index in [0.717, 1.165) is 18.4 Å². The van der Waals surface area contributed by atoms with E-state index in [0.29, 0.717) is 36.1 Å². The van der Waals surface area contributed by atoms with Crippen molar-refractivity contribution in [1.29, 1.82) is 0 Å². The van der Waals surface area contributed by atoms with Crippen LogP contribution in [0.2, 0.25) is 10.0 Å². The van der Waals surface area contributed by atoms with E-state index in [-0.39, 0.29) is 18.0 Å². The van der Waals surface area contributed by atoms with Crippen molar-refractivity contribution in [3.63, 3.8) is 0 Å². The lowest BCUT2D eigenvalue weighted by Gasteiger charge is -2.47. The maximum Gasteiger partial charge on any atom is 0.227 e. The van der Waals surface area contributed by atoms with Crippen LogP contribution in [0.1, 0.15) is 24.8 Å². The van der Waals surface area contributed by atoms with Crippen molar-refractivity contribution >= 4 is 29.1 Å². The van der Waals surface area contributed by atoms with E-state index in [4.69, 9.17) is 32.7 Å². The van der Waals surface area contributed by atoms with Crippen LogP contribution >= 0.6 is 23.2 Å². The fraction of sp³-hybridized carbons (Fsp3) is 0.632. The van der Waals surface area contributed by atoms with Gasteiger partial charge in [-0.3, -0.25) is 4.79 Å². The van der Waals surface area contributed by atoms with Crippen LogP contribution in [0.25, 0.3) is 0 Å². The predicted octanol–water partition coefficient (Wildman–Crippen LogP) is 3.22. The van der Waals surface area contributed by atoms with E-state index in [2.05, 4.69) is 19.0 Å². The number of likely N-dealkylation sites (N-methyl/N-ethyl adjacent to an activating group) is 2. The summed E-state index contributed by atoms with van der Waals surface area (Å²) in [5.41, 5.74) is 0.858. The second kappa shape index (κ2) is 8.03. The average molecular weight is 401 g/mol. The highest BCUT2D eigenvalue weighted by Gasteiger charge is 2.47. The highest BCUT2D eigenvalue weighted by atomic mass is 35.5. The van der Waals surface area contributed by atoms with Gasteiger partial charge in [-0.2, -0.15) is 0 Å². The van der Waals surface area contributed by atoms with E-state index < -0.39 is 5.79 Å². The average Bonchev–Trinajstić information content (AvgIpc) is 3.05. The molecule has 2 fully saturated rings. The zero-order valence-corrected chi connectivity index (χ0v) is 17.0. The zero-order valence-electron chi connectivity index (χ0n) is 15.5. The summed E-state index contributed by atoms with van der Waals surface area (Å²) in [6.07, 6.45) is 2.78. The number of halogens is 2. The van der Waals surface area contributed by atoms with Crippen LogP contribution < -0.4 is 0 Å². The van der Waals surface area contributed by atoms with Gasteiger partial charge < -0.3 is 19.3 Å². The van der Waals surface area contributed by atoms with Gasteiger partial charge in [-0.15, -0.1) is 0 Å². The number of nitrogens with zero attached hydrogens (tertiary/aromatic N) is 2. The number of hydrogen-bond acceptors (Lipinski definition) is 4. The first-order valence-corrected chi connectivity index (χ1v) is 9.71. The van der Waals surface area contributed by atoms with Crippen molar-refractivity contribution in [2.45, 2.75) is 43.6 Å². The van der Waals surface area contributed by atoms with Gasteiger partial charge in [0.05, 0.1) is 35.7 Å². The van der Waals surface area contributed by atoms with E-state index >= 15 is 0 Å². The first-order chi connectivity index (χ1) is 12.3. The Kier molecular flexibility index (Phi) is 6.14. The lowest BCUT2D eigenvalue weighted by Crippen LogP contribution is -2.57. The quantitative estimate of drug-likeness (QED) is 0.777. The molecule has 1 aromatic carbocycles. The van der Waals surface area contributed by atoms with Crippen LogP contribution in [0.4, 0.5) is 0 Å². The molecule has 1 saturated heterocycles. The zero-order chi connectivity index (χ0) is 18.9. The molecule has 1 aromatic rings. The second-order valence-corrected chi connectivity index (χ2v) is 8.19. The number of hydrogen-bond donors (Lipinski definition) is 0. The SMILES string of the molecule is CN(C)[C@H]1CCC2(C[C@@H]1N(C)C(=O)Cc1ccc(Cl)c(Cl)c1)OCCO2. The van der Waals surface area contributed by atoms with Crippen molar-refractivity contribution in [2.75, 3.05) is 34.4 Å². The molecule has 0 bridgehead atoms. The Morgan fingerprint density at radius 2 is 1.85 bits per heavy atom. The monoisotopic (exact) mass is 400 g/mol. The van der Waals surface area contributed by atoms with Gasteiger partial charge in [0.15, 0.2) is 5.79 Å². The molecule has 2 atom stereocenters. The Bertz CT molecular complexity index is 662. The summed E-state index contributed by atoms with van der Waals surface area (Å²) in [4.78, 5) is 17.0. The molecule has 0 aromatic heterocycles. The van der Waals surface area contributed by atoms with Gasteiger partial charge in [-0.25, -0.2) is 0 Å². The minimum Gasteiger partial charge on any atom is -0.347 e. The van der Waals surface area contributed by atoms with Crippen molar-refractivity contribution in [3.8, 4) is 0 Å². The maximum atomic E-state index is 12.9. The van der Waals surface area contributed by atoms with Crippen LogP contribution in [0.3, 0.4) is 0 Å². The summed E-state index contributed by atoms with van der Waals surface area (Å²) in [6.45, 7) is 1.25. The number of ether oxygens (including phenoxy) is 2. The minimum absolute atomic E-state index is 0.0344. The molecule has 0 unspecified atom stereocenters. The normalized spacial score (nSPS) is 25.0. The molecule has 2 aliphatic rings. The molecule has 1 aliphatic carbocycles. The fourth-order valence-corrected chi connectivity index (χ4v) is 4.33. The van der Waals surface area contributed by atoms with Gasteiger partial charge in [0.2, 0.25) is 5.91 Å². The van der Waals surface area contributed by atoms with Gasteiger partial charge >= 0.3 is 0 Å². The Labute approximate surface area is 165 Å². The van der Waals surface area contributed by atoms with E-state index in [9.17, 15) is 4.79 Å². The van der Waals surface area contributed by atoms with Crippen molar-refractivity contribution in [3.05, 3.63) is 33.8 Å². The largest absolute Gasteiger partial charge is 0.347 e. The number of amides is 1.